The highest BCUT2D eigenvalue weighted by atomic mass is 32.2. The monoisotopic (exact) mass is 262 g/mol. The first-order valence-corrected chi connectivity index (χ1v) is 8.05. The van der Waals surface area contributed by atoms with Gasteiger partial charge in [-0.3, -0.25) is 0 Å². The van der Waals surface area contributed by atoms with Gasteiger partial charge in [0.15, 0.2) is 0 Å². The summed E-state index contributed by atoms with van der Waals surface area (Å²) in [5.74, 6) is 1.26. The number of aryl methyl sites for hydroxylation is 1. The van der Waals surface area contributed by atoms with E-state index < -0.39 is 0 Å². The van der Waals surface area contributed by atoms with Gasteiger partial charge in [0.1, 0.15) is 0 Å². The van der Waals surface area contributed by atoms with Gasteiger partial charge in [-0.05, 0) is 55.5 Å². The number of thioether (sulfide) groups is 1. The average molecular weight is 262 g/mol. The van der Waals surface area contributed by atoms with Crippen LogP contribution in [0.1, 0.15) is 12.8 Å². The van der Waals surface area contributed by atoms with Gasteiger partial charge in [0.2, 0.25) is 0 Å². The Labute approximate surface area is 114 Å². The molecule has 3 heteroatoms. The van der Waals surface area contributed by atoms with E-state index >= 15 is 0 Å². The molecule has 0 bridgehead atoms. The summed E-state index contributed by atoms with van der Waals surface area (Å²) in [5.41, 5.74) is 1.35. The maximum atomic E-state index is 3.50. The highest BCUT2D eigenvalue weighted by Crippen LogP contribution is 2.15. The Hall–Kier alpha value is -0.930. The Morgan fingerprint density at radius 2 is 1.94 bits per heavy atom. The van der Waals surface area contributed by atoms with Gasteiger partial charge in [0.05, 0.1) is 0 Å². The molecule has 0 radical (unpaired) electrons. The Morgan fingerprint density at radius 3 is 2.83 bits per heavy atom. The molecule has 0 saturated carbocycles. The Balaban J connectivity index is 1.70. The molecule has 0 spiro atoms. The van der Waals surface area contributed by atoms with Crippen LogP contribution >= 0.6 is 11.8 Å². The second-order valence-corrected chi connectivity index (χ2v) is 5.50. The zero-order valence-corrected chi connectivity index (χ0v) is 11.9. The van der Waals surface area contributed by atoms with Crippen molar-refractivity contribution in [3.8, 4) is 0 Å². The van der Waals surface area contributed by atoms with Crippen molar-refractivity contribution in [2.45, 2.75) is 19.4 Å². The van der Waals surface area contributed by atoms with E-state index in [9.17, 15) is 0 Å². The first-order valence-electron chi connectivity index (χ1n) is 6.65. The first kappa shape index (κ1) is 13.5. The first-order chi connectivity index (χ1) is 8.92. The van der Waals surface area contributed by atoms with Crippen molar-refractivity contribution in [3.63, 3.8) is 0 Å². The van der Waals surface area contributed by atoms with Crippen molar-refractivity contribution in [1.82, 2.24) is 9.88 Å². The number of benzene rings is 1. The number of nitrogens with zero attached hydrogens (tertiary/aromatic N) is 1. The molecule has 1 aromatic carbocycles. The molecule has 0 amide bonds. The third-order valence-electron chi connectivity index (χ3n) is 3.13. The number of hydrogen-bond donors (Lipinski definition) is 1. The van der Waals surface area contributed by atoms with E-state index in [-0.39, 0.29) is 0 Å². The van der Waals surface area contributed by atoms with Crippen molar-refractivity contribution >= 4 is 22.7 Å². The van der Waals surface area contributed by atoms with Crippen LogP contribution in [-0.2, 0) is 6.54 Å². The minimum absolute atomic E-state index is 1.10. The van der Waals surface area contributed by atoms with Crippen LogP contribution in [-0.4, -0.2) is 29.7 Å². The lowest BCUT2D eigenvalue weighted by atomic mass is 10.2. The molecule has 0 unspecified atom stereocenters. The maximum Gasteiger partial charge on any atom is 0.0480 e. The van der Waals surface area contributed by atoms with Crippen LogP contribution < -0.4 is 5.32 Å². The molecule has 0 fully saturated rings. The minimum Gasteiger partial charge on any atom is -0.347 e. The summed E-state index contributed by atoms with van der Waals surface area (Å²) in [7, 11) is 0. The maximum absolute atomic E-state index is 3.50. The van der Waals surface area contributed by atoms with E-state index in [0.29, 0.717) is 0 Å². The molecule has 0 saturated heterocycles. The summed E-state index contributed by atoms with van der Waals surface area (Å²) in [4.78, 5) is 0. The van der Waals surface area contributed by atoms with E-state index in [2.05, 4.69) is 52.7 Å². The smallest absolute Gasteiger partial charge is 0.0480 e. The SMILES string of the molecule is CSCCCNCCCn1ccc2ccccc21. The summed E-state index contributed by atoms with van der Waals surface area (Å²) in [6.07, 6.45) is 6.82. The van der Waals surface area contributed by atoms with Crippen LogP contribution in [0.25, 0.3) is 10.9 Å². The van der Waals surface area contributed by atoms with Crippen LogP contribution in [0.5, 0.6) is 0 Å². The van der Waals surface area contributed by atoms with E-state index in [1.807, 2.05) is 11.8 Å². The standard InChI is InChI=1S/C15H22N2S/c1-18-13-5-10-16-9-4-11-17-12-8-14-6-2-3-7-15(14)17/h2-3,6-8,12,16H,4-5,9-11,13H2,1H3. The van der Waals surface area contributed by atoms with Crippen LogP contribution in [0.3, 0.4) is 0 Å². The van der Waals surface area contributed by atoms with Gasteiger partial charge in [-0.15, -0.1) is 0 Å². The Kier molecular flexibility index (Phi) is 5.62. The van der Waals surface area contributed by atoms with Crippen LogP contribution in [0.2, 0.25) is 0 Å². The number of para-hydroxylation sites is 1. The quantitative estimate of drug-likeness (QED) is 0.735. The molecule has 2 nitrogen and oxygen atoms in total. The van der Waals surface area contributed by atoms with Gasteiger partial charge < -0.3 is 9.88 Å². The molecule has 1 aromatic heterocycles. The third kappa shape index (κ3) is 3.79. The van der Waals surface area contributed by atoms with Crippen LogP contribution in [0.15, 0.2) is 36.5 Å². The normalized spacial score (nSPS) is 11.2. The predicted molar refractivity (Wildman–Crippen MR) is 82.4 cm³/mol. The van der Waals surface area contributed by atoms with E-state index in [4.69, 9.17) is 0 Å². The molecule has 0 aliphatic carbocycles. The zero-order chi connectivity index (χ0) is 12.6. The van der Waals surface area contributed by atoms with Crippen molar-refractivity contribution in [2.24, 2.45) is 0 Å². The molecule has 0 aliphatic heterocycles. The molecular formula is C15H22N2S. The van der Waals surface area contributed by atoms with Gasteiger partial charge in [0.25, 0.3) is 0 Å². The zero-order valence-electron chi connectivity index (χ0n) is 11.1. The third-order valence-corrected chi connectivity index (χ3v) is 3.83. The summed E-state index contributed by atoms with van der Waals surface area (Å²) >= 11 is 1.92. The molecular weight excluding hydrogens is 240 g/mol. The molecule has 18 heavy (non-hydrogen) atoms. The van der Waals surface area contributed by atoms with Gasteiger partial charge in [-0.25, -0.2) is 0 Å². The lowest BCUT2D eigenvalue weighted by molar-refractivity contribution is 0.589. The molecule has 2 rings (SSSR count). The fourth-order valence-electron chi connectivity index (χ4n) is 2.18. The van der Waals surface area contributed by atoms with E-state index in [0.717, 1.165) is 19.6 Å². The highest BCUT2D eigenvalue weighted by molar-refractivity contribution is 7.98. The second kappa shape index (κ2) is 7.49. The molecule has 0 aliphatic rings. The predicted octanol–water partition coefficient (Wildman–Crippen LogP) is 3.37. The lowest BCUT2D eigenvalue weighted by Gasteiger charge is -2.06. The number of rotatable bonds is 8. The molecule has 98 valence electrons. The topological polar surface area (TPSA) is 17.0 Å². The van der Waals surface area contributed by atoms with Crippen molar-refractivity contribution in [2.75, 3.05) is 25.1 Å². The molecule has 1 N–H and O–H groups in total. The number of hydrogen-bond acceptors (Lipinski definition) is 2. The van der Waals surface area contributed by atoms with Gasteiger partial charge in [0, 0.05) is 18.3 Å². The van der Waals surface area contributed by atoms with Gasteiger partial charge >= 0.3 is 0 Å². The molecule has 2 aromatic rings. The number of fused-ring (bicyclic) bond motifs is 1. The fourth-order valence-corrected chi connectivity index (χ4v) is 2.61. The summed E-state index contributed by atoms with van der Waals surface area (Å²) in [6, 6.07) is 10.8. The molecule has 0 atom stereocenters. The van der Waals surface area contributed by atoms with Gasteiger partial charge in [-0.2, -0.15) is 11.8 Å². The van der Waals surface area contributed by atoms with Crippen LogP contribution in [0.4, 0.5) is 0 Å². The minimum atomic E-state index is 1.10. The van der Waals surface area contributed by atoms with E-state index in [1.165, 1.54) is 29.5 Å². The summed E-state index contributed by atoms with van der Waals surface area (Å²) in [5, 5.41) is 4.84. The van der Waals surface area contributed by atoms with Crippen molar-refractivity contribution in [1.29, 1.82) is 0 Å². The van der Waals surface area contributed by atoms with Gasteiger partial charge in [-0.1, -0.05) is 18.2 Å². The highest BCUT2D eigenvalue weighted by Gasteiger charge is 1.98. The Morgan fingerprint density at radius 1 is 1.11 bits per heavy atom. The fraction of sp³-hybridized carbons (Fsp3) is 0.467. The van der Waals surface area contributed by atoms with Crippen molar-refractivity contribution < 1.29 is 0 Å². The van der Waals surface area contributed by atoms with E-state index in [1.54, 1.807) is 0 Å². The van der Waals surface area contributed by atoms with Crippen molar-refractivity contribution in [3.05, 3.63) is 36.5 Å². The lowest BCUT2D eigenvalue weighted by Crippen LogP contribution is -2.18. The summed E-state index contributed by atoms with van der Waals surface area (Å²) in [6.45, 7) is 3.36. The Bertz CT molecular complexity index is 464. The number of nitrogens with one attached hydrogen (secondary N) is 1. The number of aromatic nitrogens is 1. The largest absolute Gasteiger partial charge is 0.347 e. The van der Waals surface area contributed by atoms with Crippen LogP contribution in [0, 0.1) is 0 Å². The average Bonchev–Trinajstić information content (AvgIpc) is 2.81. The second-order valence-electron chi connectivity index (χ2n) is 4.52. The molecule has 1 heterocycles. The summed E-state index contributed by atoms with van der Waals surface area (Å²) < 4.78 is 2.35.